The predicted molar refractivity (Wildman–Crippen MR) is 115 cm³/mol. The number of nitrogen functional groups attached to an aromatic ring is 1. The van der Waals surface area contributed by atoms with Gasteiger partial charge in [0.1, 0.15) is 11.5 Å². The Balaban J connectivity index is 1.68. The third-order valence-corrected chi connectivity index (χ3v) is 5.66. The predicted octanol–water partition coefficient (Wildman–Crippen LogP) is 4.38. The summed E-state index contributed by atoms with van der Waals surface area (Å²) < 4.78 is 10.5. The number of hydrogen-bond acceptors (Lipinski definition) is 5. The van der Waals surface area contributed by atoms with Gasteiger partial charge in [-0.15, -0.1) is 0 Å². The van der Waals surface area contributed by atoms with Crippen molar-refractivity contribution < 1.29 is 9.47 Å². The van der Waals surface area contributed by atoms with Gasteiger partial charge in [0.15, 0.2) is 0 Å². The lowest BCUT2D eigenvalue weighted by molar-refractivity contribution is 0.414. The van der Waals surface area contributed by atoms with Crippen LogP contribution in [0.25, 0.3) is 0 Å². The summed E-state index contributed by atoms with van der Waals surface area (Å²) in [7, 11) is 3.36. The molecule has 0 aliphatic heterocycles. The zero-order valence-corrected chi connectivity index (χ0v) is 17.2. The third-order valence-electron chi connectivity index (χ3n) is 5.66. The zero-order chi connectivity index (χ0) is 20.4. The third kappa shape index (κ3) is 4.34. The molecule has 5 heteroatoms. The van der Waals surface area contributed by atoms with E-state index in [-0.39, 0.29) is 0 Å². The van der Waals surface area contributed by atoms with Crippen LogP contribution in [-0.2, 0) is 12.8 Å². The Morgan fingerprint density at radius 2 is 1.24 bits per heavy atom. The molecule has 2 unspecified atom stereocenters. The van der Waals surface area contributed by atoms with Gasteiger partial charge in [-0.1, -0.05) is 31.2 Å². The smallest absolute Gasteiger partial charge is 0.220 e. The fourth-order valence-electron chi connectivity index (χ4n) is 3.88. The Labute approximate surface area is 171 Å². The number of hydrogen-bond donors (Lipinski definition) is 1. The van der Waals surface area contributed by atoms with Crippen LogP contribution in [0.5, 0.6) is 11.5 Å². The lowest BCUT2D eigenvalue weighted by Crippen LogP contribution is -2.11. The van der Waals surface area contributed by atoms with Crippen LogP contribution in [0.1, 0.15) is 47.3 Å². The Bertz CT molecular complexity index is 914. The van der Waals surface area contributed by atoms with Crippen molar-refractivity contribution in [2.24, 2.45) is 5.92 Å². The van der Waals surface area contributed by atoms with Crippen molar-refractivity contribution in [2.75, 3.05) is 20.0 Å². The molecular formula is C24H27N3O2. The minimum Gasteiger partial charge on any atom is -0.497 e. The van der Waals surface area contributed by atoms with E-state index < -0.39 is 0 Å². The van der Waals surface area contributed by atoms with Crippen LogP contribution >= 0.6 is 0 Å². The molecule has 0 saturated heterocycles. The summed E-state index contributed by atoms with van der Waals surface area (Å²) in [6.07, 6.45) is 2.66. The molecule has 0 bridgehead atoms. The van der Waals surface area contributed by atoms with Gasteiger partial charge in [-0.25, -0.2) is 9.97 Å². The van der Waals surface area contributed by atoms with Gasteiger partial charge in [0.25, 0.3) is 0 Å². The van der Waals surface area contributed by atoms with Gasteiger partial charge in [0, 0.05) is 12.8 Å². The lowest BCUT2D eigenvalue weighted by atomic mass is 9.96. The summed E-state index contributed by atoms with van der Waals surface area (Å²) in [5, 5.41) is 0. The van der Waals surface area contributed by atoms with E-state index in [1.54, 1.807) is 14.2 Å². The number of rotatable bonds is 7. The molecule has 1 saturated carbocycles. The molecule has 0 radical (unpaired) electrons. The van der Waals surface area contributed by atoms with E-state index in [0.29, 0.717) is 17.8 Å². The first-order chi connectivity index (χ1) is 14.1. The topological polar surface area (TPSA) is 70.3 Å². The van der Waals surface area contributed by atoms with Gasteiger partial charge in [-0.2, -0.15) is 0 Å². The van der Waals surface area contributed by atoms with Gasteiger partial charge in [-0.3, -0.25) is 0 Å². The number of benzene rings is 2. The maximum atomic E-state index is 6.12. The highest BCUT2D eigenvalue weighted by Gasteiger charge is 2.38. The summed E-state index contributed by atoms with van der Waals surface area (Å²) in [4.78, 5) is 9.30. The summed E-state index contributed by atoms with van der Waals surface area (Å²) >= 11 is 0. The Morgan fingerprint density at radius 3 is 1.59 bits per heavy atom. The molecular weight excluding hydrogens is 362 g/mol. The van der Waals surface area contributed by atoms with Crippen LogP contribution in [0.2, 0.25) is 0 Å². The highest BCUT2D eigenvalue weighted by Crippen LogP contribution is 2.49. The molecule has 3 aromatic rings. The molecule has 150 valence electrons. The molecule has 5 nitrogen and oxygen atoms in total. The van der Waals surface area contributed by atoms with Crippen LogP contribution in [0.3, 0.4) is 0 Å². The molecule has 2 N–H and O–H groups in total. The molecule has 1 aliphatic rings. The van der Waals surface area contributed by atoms with E-state index in [1.807, 2.05) is 24.3 Å². The Morgan fingerprint density at radius 1 is 0.828 bits per heavy atom. The largest absolute Gasteiger partial charge is 0.497 e. The number of nitrogens with two attached hydrogens (primary N) is 1. The highest BCUT2D eigenvalue weighted by atomic mass is 16.5. The molecule has 1 aliphatic carbocycles. The molecule has 1 fully saturated rings. The van der Waals surface area contributed by atoms with E-state index >= 15 is 0 Å². The number of aromatic nitrogens is 2. The second-order valence-electron chi connectivity index (χ2n) is 7.76. The van der Waals surface area contributed by atoms with E-state index in [1.165, 1.54) is 23.1 Å². The van der Waals surface area contributed by atoms with Gasteiger partial charge in [0.2, 0.25) is 5.95 Å². The highest BCUT2D eigenvalue weighted by molar-refractivity contribution is 5.43. The fourth-order valence-corrected chi connectivity index (χ4v) is 3.88. The van der Waals surface area contributed by atoms with Gasteiger partial charge >= 0.3 is 0 Å². The summed E-state index contributed by atoms with van der Waals surface area (Å²) in [5.41, 5.74) is 11.9. The summed E-state index contributed by atoms with van der Waals surface area (Å²) in [6, 6.07) is 16.3. The van der Waals surface area contributed by atoms with E-state index in [4.69, 9.17) is 15.2 Å². The Hall–Kier alpha value is -3.08. The van der Waals surface area contributed by atoms with Crippen molar-refractivity contribution >= 4 is 5.95 Å². The lowest BCUT2D eigenvalue weighted by Gasteiger charge is -2.15. The fraction of sp³-hybridized carbons (Fsp3) is 0.333. The zero-order valence-electron chi connectivity index (χ0n) is 17.2. The summed E-state index contributed by atoms with van der Waals surface area (Å²) in [6.45, 7) is 2.29. The monoisotopic (exact) mass is 389 g/mol. The van der Waals surface area contributed by atoms with Crippen molar-refractivity contribution in [1.82, 2.24) is 9.97 Å². The summed E-state index contributed by atoms with van der Waals surface area (Å²) in [5.74, 6) is 3.22. The molecule has 29 heavy (non-hydrogen) atoms. The maximum absolute atomic E-state index is 6.12. The van der Waals surface area contributed by atoms with Gasteiger partial charge < -0.3 is 15.2 Å². The van der Waals surface area contributed by atoms with Crippen LogP contribution in [0.4, 0.5) is 5.95 Å². The first-order valence-electron chi connectivity index (χ1n) is 9.98. The van der Waals surface area contributed by atoms with Crippen molar-refractivity contribution in [3.05, 3.63) is 76.6 Å². The first kappa shape index (κ1) is 19.2. The van der Waals surface area contributed by atoms with Gasteiger partial charge in [-0.05, 0) is 59.2 Å². The van der Waals surface area contributed by atoms with Crippen LogP contribution < -0.4 is 15.2 Å². The molecule has 2 aromatic carbocycles. The number of nitrogens with zero attached hydrogens (tertiary/aromatic N) is 2. The Kier molecular flexibility index (Phi) is 5.38. The normalized spacial score (nSPS) is 17.8. The van der Waals surface area contributed by atoms with Crippen LogP contribution in [-0.4, -0.2) is 24.2 Å². The second-order valence-corrected chi connectivity index (χ2v) is 7.76. The molecule has 0 amide bonds. The van der Waals surface area contributed by atoms with Crippen molar-refractivity contribution in [3.8, 4) is 11.5 Å². The second kappa shape index (κ2) is 8.11. The molecule has 4 rings (SSSR count). The number of anilines is 1. The molecule has 1 heterocycles. The minimum atomic E-state index is 0.342. The first-order valence-corrected chi connectivity index (χ1v) is 9.98. The van der Waals surface area contributed by atoms with Gasteiger partial charge in [0.05, 0.1) is 25.6 Å². The average molecular weight is 389 g/mol. The number of ether oxygens (including phenoxy) is 2. The van der Waals surface area contributed by atoms with E-state index in [0.717, 1.165) is 35.7 Å². The quantitative estimate of drug-likeness (QED) is 0.649. The van der Waals surface area contributed by atoms with Crippen LogP contribution in [0, 0.1) is 5.92 Å². The van der Waals surface area contributed by atoms with E-state index in [2.05, 4.69) is 41.2 Å². The average Bonchev–Trinajstić information content (AvgIpc) is 3.44. The molecule has 2 atom stereocenters. The van der Waals surface area contributed by atoms with Crippen molar-refractivity contribution in [3.63, 3.8) is 0 Å². The van der Waals surface area contributed by atoms with Crippen molar-refractivity contribution in [1.29, 1.82) is 0 Å². The standard InChI is InChI=1S/C24H27N3O2/c1-15-12-20(15)23-21(13-16-4-8-18(28-2)9-5-16)26-24(25)27-22(23)14-17-6-10-19(29-3)11-7-17/h4-11,15,20H,12-14H2,1-3H3,(H2,25,26,27). The SMILES string of the molecule is COc1ccc(Cc2nc(N)nc(Cc3ccc(OC)cc3)c2C2CC2C)cc1. The molecule has 0 spiro atoms. The number of methoxy groups -OCH3 is 2. The van der Waals surface area contributed by atoms with Crippen molar-refractivity contribution in [2.45, 2.75) is 32.1 Å². The van der Waals surface area contributed by atoms with Crippen LogP contribution in [0.15, 0.2) is 48.5 Å². The molecule has 1 aromatic heterocycles. The maximum Gasteiger partial charge on any atom is 0.220 e. The minimum absolute atomic E-state index is 0.342. The van der Waals surface area contributed by atoms with E-state index in [9.17, 15) is 0 Å².